The van der Waals surface area contributed by atoms with Crippen LogP contribution in [0, 0.1) is 0 Å². The third kappa shape index (κ3) is 2.83. The summed E-state index contributed by atoms with van der Waals surface area (Å²) in [4.78, 5) is 17.6. The van der Waals surface area contributed by atoms with Gasteiger partial charge >= 0.3 is 0 Å². The molecule has 2 heterocycles. The van der Waals surface area contributed by atoms with Gasteiger partial charge in [-0.1, -0.05) is 49.4 Å². The van der Waals surface area contributed by atoms with Crippen LogP contribution in [0.3, 0.4) is 0 Å². The molecule has 2 aromatic carbocycles. The lowest BCUT2D eigenvalue weighted by atomic mass is 10.0. The van der Waals surface area contributed by atoms with Crippen LogP contribution in [0.1, 0.15) is 22.8 Å². The number of aromatic nitrogens is 3. The third-order valence-corrected chi connectivity index (χ3v) is 4.32. The van der Waals surface area contributed by atoms with Gasteiger partial charge in [0.05, 0.1) is 16.8 Å². The second-order valence-corrected chi connectivity index (χ2v) is 5.88. The fraction of sp³-hybridized carbons (Fsp3) is 0.0952. The number of hydrogen-bond donors (Lipinski definition) is 0. The highest BCUT2D eigenvalue weighted by Crippen LogP contribution is 2.25. The Balaban J connectivity index is 1.90. The largest absolute Gasteiger partial charge is 0.278 e. The maximum Gasteiger partial charge on any atom is 0.278 e. The van der Waals surface area contributed by atoms with E-state index in [1.54, 1.807) is 18.5 Å². The normalized spacial score (nSPS) is 10.9. The Morgan fingerprint density at radius 1 is 1.04 bits per heavy atom. The molecule has 0 bridgehead atoms. The van der Waals surface area contributed by atoms with Gasteiger partial charge in [-0.25, -0.2) is 9.67 Å². The Kier molecular flexibility index (Phi) is 3.86. The Labute approximate surface area is 145 Å². The van der Waals surface area contributed by atoms with Gasteiger partial charge in [0.2, 0.25) is 0 Å². The molecule has 0 radical (unpaired) electrons. The molecule has 0 aliphatic heterocycles. The number of carbonyl (C=O) groups is 1. The number of hydrogen-bond acceptors (Lipinski definition) is 3. The van der Waals surface area contributed by atoms with Gasteiger partial charge in [-0.3, -0.25) is 4.79 Å². The van der Waals surface area contributed by atoms with E-state index in [0.29, 0.717) is 5.56 Å². The molecular weight excluding hydrogens is 310 g/mol. The average molecular weight is 327 g/mol. The summed E-state index contributed by atoms with van der Waals surface area (Å²) >= 11 is 0. The minimum Gasteiger partial charge on any atom is -0.267 e. The van der Waals surface area contributed by atoms with Crippen molar-refractivity contribution in [2.75, 3.05) is 0 Å². The molecule has 0 spiro atoms. The zero-order valence-corrected chi connectivity index (χ0v) is 13.9. The number of para-hydroxylation sites is 1. The summed E-state index contributed by atoms with van der Waals surface area (Å²) in [6.07, 6.45) is 4.26. The molecule has 122 valence electrons. The Morgan fingerprint density at radius 2 is 1.84 bits per heavy atom. The van der Waals surface area contributed by atoms with E-state index in [1.165, 1.54) is 10.2 Å². The van der Waals surface area contributed by atoms with Crippen molar-refractivity contribution < 1.29 is 4.79 Å². The van der Waals surface area contributed by atoms with E-state index >= 15 is 0 Å². The van der Waals surface area contributed by atoms with Crippen molar-refractivity contribution in [1.82, 2.24) is 14.8 Å². The van der Waals surface area contributed by atoms with Crippen LogP contribution in [-0.4, -0.2) is 20.7 Å². The zero-order valence-electron chi connectivity index (χ0n) is 13.9. The summed E-state index contributed by atoms with van der Waals surface area (Å²) in [6, 6.07) is 19.6. The lowest BCUT2D eigenvalue weighted by Gasteiger charge is -2.09. The van der Waals surface area contributed by atoms with E-state index in [2.05, 4.69) is 36.3 Å². The Bertz CT molecular complexity index is 1030. The monoisotopic (exact) mass is 327 g/mol. The first-order valence-electron chi connectivity index (χ1n) is 8.29. The SMILES string of the molecule is CCc1ccc(-c2cc(C(=O)n3cccn3)c3ccccc3n2)cc1. The summed E-state index contributed by atoms with van der Waals surface area (Å²) in [5, 5.41) is 4.90. The number of nitrogens with zero attached hydrogens (tertiary/aromatic N) is 3. The minimum atomic E-state index is -0.157. The summed E-state index contributed by atoms with van der Waals surface area (Å²) in [6.45, 7) is 2.13. The van der Waals surface area contributed by atoms with Gasteiger partial charge in [-0.05, 0) is 30.2 Å². The molecule has 4 rings (SSSR count). The van der Waals surface area contributed by atoms with Crippen LogP contribution < -0.4 is 0 Å². The number of benzene rings is 2. The number of carbonyl (C=O) groups excluding carboxylic acids is 1. The van der Waals surface area contributed by atoms with Crippen LogP contribution in [0.5, 0.6) is 0 Å². The Morgan fingerprint density at radius 3 is 2.56 bits per heavy atom. The smallest absolute Gasteiger partial charge is 0.267 e. The van der Waals surface area contributed by atoms with Gasteiger partial charge in [-0.2, -0.15) is 5.10 Å². The van der Waals surface area contributed by atoms with Crippen LogP contribution in [0.2, 0.25) is 0 Å². The first-order chi connectivity index (χ1) is 12.3. The molecule has 0 atom stereocenters. The topological polar surface area (TPSA) is 47.8 Å². The van der Waals surface area contributed by atoms with Crippen molar-refractivity contribution in [2.24, 2.45) is 0 Å². The van der Waals surface area contributed by atoms with Crippen molar-refractivity contribution >= 4 is 16.8 Å². The maximum absolute atomic E-state index is 12.9. The lowest BCUT2D eigenvalue weighted by Crippen LogP contribution is -2.13. The van der Waals surface area contributed by atoms with Gasteiger partial charge in [-0.15, -0.1) is 0 Å². The van der Waals surface area contributed by atoms with Crippen molar-refractivity contribution in [3.8, 4) is 11.3 Å². The summed E-state index contributed by atoms with van der Waals surface area (Å²) in [7, 11) is 0. The van der Waals surface area contributed by atoms with Crippen LogP contribution in [0.15, 0.2) is 73.1 Å². The highest BCUT2D eigenvalue weighted by molar-refractivity contribution is 6.07. The summed E-state index contributed by atoms with van der Waals surface area (Å²) < 4.78 is 1.35. The lowest BCUT2D eigenvalue weighted by molar-refractivity contribution is 0.0946. The average Bonchev–Trinajstić information content (AvgIpc) is 3.21. The molecule has 0 saturated carbocycles. The number of pyridine rings is 1. The molecule has 0 aliphatic carbocycles. The molecule has 0 saturated heterocycles. The number of rotatable bonds is 3. The summed E-state index contributed by atoms with van der Waals surface area (Å²) in [5.41, 5.74) is 4.46. The minimum absolute atomic E-state index is 0.157. The van der Waals surface area contributed by atoms with Crippen LogP contribution in [0.4, 0.5) is 0 Å². The number of fused-ring (bicyclic) bond motifs is 1. The second kappa shape index (κ2) is 6.32. The van der Waals surface area contributed by atoms with Crippen molar-refractivity contribution in [3.05, 3.63) is 84.2 Å². The molecular formula is C21H17N3O. The van der Waals surface area contributed by atoms with Gasteiger partial charge in [0.1, 0.15) is 0 Å². The highest BCUT2D eigenvalue weighted by atomic mass is 16.2. The molecule has 0 fully saturated rings. The molecule has 4 heteroatoms. The predicted octanol–water partition coefficient (Wildman–Crippen LogP) is 4.35. The molecule has 25 heavy (non-hydrogen) atoms. The van der Waals surface area contributed by atoms with Gasteiger partial charge in [0, 0.05) is 23.3 Å². The van der Waals surface area contributed by atoms with Gasteiger partial charge in [0.15, 0.2) is 0 Å². The van der Waals surface area contributed by atoms with E-state index in [0.717, 1.165) is 28.6 Å². The molecule has 4 aromatic rings. The van der Waals surface area contributed by atoms with Crippen LogP contribution in [0.25, 0.3) is 22.2 Å². The highest BCUT2D eigenvalue weighted by Gasteiger charge is 2.15. The van der Waals surface area contributed by atoms with Crippen molar-refractivity contribution in [2.45, 2.75) is 13.3 Å². The summed E-state index contributed by atoms with van der Waals surface area (Å²) in [5.74, 6) is -0.157. The fourth-order valence-electron chi connectivity index (χ4n) is 2.92. The second-order valence-electron chi connectivity index (χ2n) is 5.88. The first kappa shape index (κ1) is 15.3. The molecule has 2 aromatic heterocycles. The first-order valence-corrected chi connectivity index (χ1v) is 8.29. The fourth-order valence-corrected chi connectivity index (χ4v) is 2.92. The molecule has 0 aliphatic rings. The third-order valence-electron chi connectivity index (χ3n) is 4.32. The Hall–Kier alpha value is -3.27. The van der Waals surface area contributed by atoms with Crippen LogP contribution >= 0.6 is 0 Å². The van der Waals surface area contributed by atoms with E-state index in [4.69, 9.17) is 4.98 Å². The quantitative estimate of drug-likeness (QED) is 0.562. The van der Waals surface area contributed by atoms with E-state index in [1.807, 2.05) is 30.3 Å². The van der Waals surface area contributed by atoms with Crippen LogP contribution in [-0.2, 0) is 6.42 Å². The molecule has 0 amide bonds. The van der Waals surface area contributed by atoms with Gasteiger partial charge in [0.25, 0.3) is 5.91 Å². The zero-order chi connectivity index (χ0) is 17.2. The van der Waals surface area contributed by atoms with Crippen molar-refractivity contribution in [3.63, 3.8) is 0 Å². The predicted molar refractivity (Wildman–Crippen MR) is 98.5 cm³/mol. The molecule has 4 nitrogen and oxygen atoms in total. The van der Waals surface area contributed by atoms with E-state index in [-0.39, 0.29) is 5.91 Å². The maximum atomic E-state index is 12.9. The number of aryl methyl sites for hydroxylation is 1. The molecule has 0 unspecified atom stereocenters. The van der Waals surface area contributed by atoms with E-state index in [9.17, 15) is 4.79 Å². The van der Waals surface area contributed by atoms with Crippen molar-refractivity contribution in [1.29, 1.82) is 0 Å². The standard InChI is InChI=1S/C21H17N3O/c1-2-15-8-10-16(11-9-15)20-14-18(21(25)24-13-5-12-22-24)17-6-3-4-7-19(17)23-20/h3-14H,2H2,1H3. The van der Waals surface area contributed by atoms with Gasteiger partial charge < -0.3 is 0 Å². The van der Waals surface area contributed by atoms with E-state index < -0.39 is 0 Å². The molecule has 0 N–H and O–H groups in total.